The van der Waals surface area contributed by atoms with Gasteiger partial charge in [0.15, 0.2) is 0 Å². The molecule has 3 aromatic rings. The van der Waals surface area contributed by atoms with Crippen molar-refractivity contribution in [3.05, 3.63) is 71.8 Å². The highest BCUT2D eigenvalue weighted by Gasteiger charge is 2.23. The van der Waals surface area contributed by atoms with Gasteiger partial charge in [-0.3, -0.25) is 0 Å². The van der Waals surface area contributed by atoms with Crippen LogP contribution >= 0.6 is 0 Å². The number of benzene rings is 2. The summed E-state index contributed by atoms with van der Waals surface area (Å²) in [6.07, 6.45) is 3.75. The first-order valence-electron chi connectivity index (χ1n) is 7.71. The Morgan fingerprint density at radius 1 is 1.12 bits per heavy atom. The summed E-state index contributed by atoms with van der Waals surface area (Å²) in [5, 5.41) is 0. The van der Waals surface area contributed by atoms with E-state index in [1.54, 1.807) is 6.33 Å². The molecule has 2 aromatic carbocycles. The van der Waals surface area contributed by atoms with Crippen LogP contribution in [0.25, 0.3) is 16.8 Å². The molecule has 1 aliphatic heterocycles. The van der Waals surface area contributed by atoms with Crippen LogP contribution in [-0.4, -0.2) is 18.0 Å². The van der Waals surface area contributed by atoms with Gasteiger partial charge in [-0.05, 0) is 41.3 Å². The van der Waals surface area contributed by atoms with Crippen LogP contribution in [0.5, 0.6) is 0 Å². The lowest BCUT2D eigenvalue weighted by Gasteiger charge is -2.20. The molecular weight excluding hydrogens is 322 g/mol. The zero-order valence-electron chi connectivity index (χ0n) is 13.2. The van der Waals surface area contributed by atoms with Crippen LogP contribution in [0, 0.1) is 6.92 Å². The van der Waals surface area contributed by atoms with Gasteiger partial charge in [-0.2, -0.15) is 0 Å². The molecule has 0 spiro atoms. The SMILES string of the molecule is Cc1cn(-c2ccc(-c3cccc4c3CS(=O)(=O)NC4)cc2)cn1. The van der Waals surface area contributed by atoms with Crippen molar-refractivity contribution in [2.75, 3.05) is 0 Å². The van der Waals surface area contributed by atoms with Crippen LogP contribution < -0.4 is 4.72 Å². The molecule has 0 aliphatic carbocycles. The second kappa shape index (κ2) is 5.58. The van der Waals surface area contributed by atoms with Gasteiger partial charge >= 0.3 is 0 Å². The molecule has 4 rings (SSSR count). The number of rotatable bonds is 2. The van der Waals surface area contributed by atoms with E-state index < -0.39 is 10.0 Å². The van der Waals surface area contributed by atoms with E-state index in [1.807, 2.05) is 60.2 Å². The minimum Gasteiger partial charge on any atom is -0.306 e. The highest BCUT2D eigenvalue weighted by molar-refractivity contribution is 7.88. The average molecular weight is 339 g/mol. The van der Waals surface area contributed by atoms with E-state index in [-0.39, 0.29) is 5.75 Å². The molecule has 1 aromatic heterocycles. The molecule has 0 saturated carbocycles. The lowest BCUT2D eigenvalue weighted by atomic mass is 9.96. The molecule has 1 N–H and O–H groups in total. The van der Waals surface area contributed by atoms with Crippen LogP contribution in [0.2, 0.25) is 0 Å². The second-order valence-corrected chi connectivity index (χ2v) is 7.80. The standard InChI is InChI=1S/C18H17N3O2S/c1-13-10-21(12-19-13)16-7-5-14(6-8-16)17-4-2-3-15-9-20-24(22,23)11-18(15)17/h2-8,10,12,20H,9,11H2,1H3. The van der Waals surface area contributed by atoms with Gasteiger partial charge in [0.05, 0.1) is 17.8 Å². The van der Waals surface area contributed by atoms with Crippen molar-refractivity contribution in [1.82, 2.24) is 14.3 Å². The zero-order valence-corrected chi connectivity index (χ0v) is 14.0. The van der Waals surface area contributed by atoms with Gasteiger partial charge in [0, 0.05) is 18.4 Å². The monoisotopic (exact) mass is 339 g/mol. The summed E-state index contributed by atoms with van der Waals surface area (Å²) in [4.78, 5) is 4.24. The number of sulfonamides is 1. The molecule has 1 aliphatic rings. The summed E-state index contributed by atoms with van der Waals surface area (Å²) in [7, 11) is -3.24. The molecular formula is C18H17N3O2S. The van der Waals surface area contributed by atoms with Gasteiger partial charge in [-0.25, -0.2) is 18.1 Å². The molecule has 0 saturated heterocycles. The van der Waals surface area contributed by atoms with E-state index in [1.165, 1.54) is 0 Å². The second-order valence-electron chi connectivity index (χ2n) is 5.99. The van der Waals surface area contributed by atoms with E-state index in [0.717, 1.165) is 33.6 Å². The van der Waals surface area contributed by atoms with E-state index >= 15 is 0 Å². The van der Waals surface area contributed by atoms with Crippen molar-refractivity contribution in [2.45, 2.75) is 19.2 Å². The zero-order chi connectivity index (χ0) is 16.7. The highest BCUT2D eigenvalue weighted by atomic mass is 32.2. The van der Waals surface area contributed by atoms with E-state index in [4.69, 9.17) is 0 Å². The summed E-state index contributed by atoms with van der Waals surface area (Å²) >= 11 is 0. The lowest BCUT2D eigenvalue weighted by Crippen LogP contribution is -2.30. The number of hydrogen-bond acceptors (Lipinski definition) is 3. The number of aryl methyl sites for hydroxylation is 1. The Morgan fingerprint density at radius 3 is 2.62 bits per heavy atom. The fourth-order valence-corrected chi connectivity index (χ4v) is 4.24. The minimum absolute atomic E-state index is 0.0287. The third-order valence-electron chi connectivity index (χ3n) is 4.28. The summed E-state index contributed by atoms with van der Waals surface area (Å²) in [6, 6.07) is 14.0. The summed E-state index contributed by atoms with van der Waals surface area (Å²) in [5.74, 6) is 0.0287. The minimum atomic E-state index is -3.24. The molecule has 0 unspecified atom stereocenters. The predicted molar refractivity (Wildman–Crippen MR) is 93.2 cm³/mol. The van der Waals surface area contributed by atoms with E-state index in [2.05, 4.69) is 9.71 Å². The van der Waals surface area contributed by atoms with Crippen molar-refractivity contribution in [1.29, 1.82) is 0 Å². The Hall–Kier alpha value is -2.44. The molecule has 0 atom stereocenters. The van der Waals surface area contributed by atoms with Crippen LogP contribution in [0.1, 0.15) is 16.8 Å². The molecule has 122 valence electrons. The van der Waals surface area contributed by atoms with Gasteiger partial charge in [-0.15, -0.1) is 0 Å². The lowest BCUT2D eigenvalue weighted by molar-refractivity contribution is 0.576. The quantitative estimate of drug-likeness (QED) is 0.781. The molecule has 0 radical (unpaired) electrons. The maximum atomic E-state index is 11.9. The number of imidazole rings is 1. The Balaban J connectivity index is 1.75. The predicted octanol–water partition coefficient (Wildman–Crippen LogP) is 2.78. The Bertz CT molecular complexity index is 1000. The van der Waals surface area contributed by atoms with Gasteiger partial charge in [0.1, 0.15) is 0 Å². The smallest absolute Gasteiger partial charge is 0.216 e. The third-order valence-corrected chi connectivity index (χ3v) is 5.53. The largest absolute Gasteiger partial charge is 0.306 e. The molecule has 0 amide bonds. The van der Waals surface area contributed by atoms with Crippen molar-refractivity contribution < 1.29 is 8.42 Å². The Labute approximate surface area is 141 Å². The fourth-order valence-electron chi connectivity index (χ4n) is 3.05. The topological polar surface area (TPSA) is 64.0 Å². The number of fused-ring (bicyclic) bond motifs is 1. The maximum Gasteiger partial charge on any atom is 0.216 e. The maximum absolute atomic E-state index is 11.9. The van der Waals surface area contributed by atoms with Crippen molar-refractivity contribution in [3.63, 3.8) is 0 Å². The molecule has 6 heteroatoms. The highest BCUT2D eigenvalue weighted by Crippen LogP contribution is 2.30. The van der Waals surface area contributed by atoms with Gasteiger partial charge < -0.3 is 4.57 Å². The number of nitrogens with one attached hydrogen (secondary N) is 1. The Morgan fingerprint density at radius 2 is 1.92 bits per heavy atom. The average Bonchev–Trinajstić information content (AvgIpc) is 3.00. The van der Waals surface area contributed by atoms with E-state index in [9.17, 15) is 8.42 Å². The van der Waals surface area contributed by atoms with Crippen molar-refractivity contribution >= 4 is 10.0 Å². The molecule has 2 heterocycles. The normalized spacial score (nSPS) is 15.9. The van der Waals surface area contributed by atoms with Gasteiger partial charge in [0.25, 0.3) is 0 Å². The first-order chi connectivity index (χ1) is 11.5. The molecule has 5 nitrogen and oxygen atoms in total. The third kappa shape index (κ3) is 2.74. The van der Waals surface area contributed by atoms with Crippen LogP contribution in [0.15, 0.2) is 55.0 Å². The van der Waals surface area contributed by atoms with Crippen molar-refractivity contribution in [3.8, 4) is 16.8 Å². The first kappa shape index (κ1) is 15.1. The van der Waals surface area contributed by atoms with Crippen LogP contribution in [0.4, 0.5) is 0 Å². The fraction of sp³-hybridized carbons (Fsp3) is 0.167. The van der Waals surface area contributed by atoms with Crippen LogP contribution in [-0.2, 0) is 22.3 Å². The van der Waals surface area contributed by atoms with E-state index in [0.29, 0.717) is 6.54 Å². The van der Waals surface area contributed by atoms with Crippen molar-refractivity contribution in [2.24, 2.45) is 0 Å². The number of nitrogens with zero attached hydrogens (tertiary/aromatic N) is 2. The number of aromatic nitrogens is 2. The first-order valence-corrected chi connectivity index (χ1v) is 9.36. The summed E-state index contributed by atoms with van der Waals surface area (Å²) in [6.45, 7) is 2.31. The number of hydrogen-bond donors (Lipinski definition) is 1. The molecule has 0 bridgehead atoms. The summed E-state index contributed by atoms with van der Waals surface area (Å²) < 4.78 is 28.4. The summed E-state index contributed by atoms with van der Waals surface area (Å²) in [5.41, 5.74) is 5.92. The molecule has 24 heavy (non-hydrogen) atoms. The molecule has 0 fully saturated rings. The van der Waals surface area contributed by atoms with Gasteiger partial charge in [-0.1, -0.05) is 30.3 Å². The van der Waals surface area contributed by atoms with Crippen LogP contribution in [0.3, 0.4) is 0 Å². The Kier molecular flexibility index (Phi) is 3.51. The van der Waals surface area contributed by atoms with Gasteiger partial charge in [0.2, 0.25) is 10.0 Å².